The second kappa shape index (κ2) is 6.27. The summed E-state index contributed by atoms with van der Waals surface area (Å²) in [6, 6.07) is 0.510. The summed E-state index contributed by atoms with van der Waals surface area (Å²) in [5, 5.41) is 6.28. The summed E-state index contributed by atoms with van der Waals surface area (Å²) in [7, 11) is 0. The highest BCUT2D eigenvalue weighted by Gasteiger charge is 2.14. The number of amides is 1. The lowest BCUT2D eigenvalue weighted by Crippen LogP contribution is -2.37. The molecule has 3 nitrogen and oxygen atoms in total. The minimum atomic E-state index is 0.167. The number of hydrogen-bond donors (Lipinski definition) is 2. The van der Waals surface area contributed by atoms with Crippen molar-refractivity contribution in [1.82, 2.24) is 10.6 Å². The predicted octanol–water partition coefficient (Wildman–Crippen LogP) is 0.608. The van der Waals surface area contributed by atoms with Crippen molar-refractivity contribution in [3.05, 3.63) is 0 Å². The van der Waals surface area contributed by atoms with Gasteiger partial charge < -0.3 is 10.6 Å². The van der Waals surface area contributed by atoms with E-state index in [1.165, 1.54) is 12.8 Å². The second-order valence-electron chi connectivity index (χ2n) is 3.23. The molecule has 2 N–H and O–H groups in total. The molecule has 0 aromatic heterocycles. The first kappa shape index (κ1) is 10.9. The molecule has 4 heteroatoms. The van der Waals surface area contributed by atoms with Crippen LogP contribution in [-0.4, -0.2) is 36.5 Å². The van der Waals surface area contributed by atoms with E-state index in [0.717, 1.165) is 18.8 Å². The van der Waals surface area contributed by atoms with E-state index in [1.807, 2.05) is 0 Å². The Labute approximate surface area is 84.0 Å². The van der Waals surface area contributed by atoms with Crippen LogP contribution in [0.3, 0.4) is 0 Å². The van der Waals surface area contributed by atoms with E-state index in [2.05, 4.69) is 17.6 Å². The van der Waals surface area contributed by atoms with Crippen molar-refractivity contribution in [2.75, 3.05) is 24.6 Å². The number of thioether (sulfide) groups is 1. The number of nitrogens with one attached hydrogen (secondary N) is 2. The molecule has 1 heterocycles. The summed E-state index contributed by atoms with van der Waals surface area (Å²) in [5.41, 5.74) is 0. The van der Waals surface area contributed by atoms with E-state index in [1.54, 1.807) is 11.8 Å². The summed E-state index contributed by atoms with van der Waals surface area (Å²) >= 11 is 1.67. The molecule has 0 aromatic carbocycles. The summed E-state index contributed by atoms with van der Waals surface area (Å²) in [5.74, 6) is 1.78. The van der Waals surface area contributed by atoms with E-state index in [4.69, 9.17) is 0 Å². The largest absolute Gasteiger partial charge is 0.354 e. The van der Waals surface area contributed by atoms with Gasteiger partial charge in [-0.3, -0.25) is 4.79 Å². The van der Waals surface area contributed by atoms with Crippen LogP contribution in [0.5, 0.6) is 0 Å². The van der Waals surface area contributed by atoms with Gasteiger partial charge in [0.25, 0.3) is 0 Å². The molecule has 1 atom stereocenters. The average Bonchev–Trinajstić information content (AvgIpc) is 2.64. The fraction of sp³-hybridized carbons (Fsp3) is 0.889. The molecule has 1 unspecified atom stereocenters. The van der Waals surface area contributed by atoms with Crippen molar-refractivity contribution in [2.24, 2.45) is 0 Å². The average molecular weight is 202 g/mol. The van der Waals surface area contributed by atoms with Crippen molar-refractivity contribution in [3.8, 4) is 0 Å². The Hall–Kier alpha value is -0.220. The van der Waals surface area contributed by atoms with Crippen molar-refractivity contribution < 1.29 is 4.79 Å². The van der Waals surface area contributed by atoms with Crippen LogP contribution < -0.4 is 10.6 Å². The van der Waals surface area contributed by atoms with Gasteiger partial charge in [0.05, 0.1) is 5.75 Å². The van der Waals surface area contributed by atoms with Gasteiger partial charge in [0.15, 0.2) is 0 Å². The summed E-state index contributed by atoms with van der Waals surface area (Å²) in [4.78, 5) is 11.2. The van der Waals surface area contributed by atoms with Crippen LogP contribution in [0, 0.1) is 0 Å². The van der Waals surface area contributed by atoms with E-state index in [0.29, 0.717) is 11.8 Å². The Bertz CT molecular complexity index is 158. The minimum absolute atomic E-state index is 0.167. The van der Waals surface area contributed by atoms with Gasteiger partial charge in [-0.15, -0.1) is 0 Å². The Kier molecular flexibility index (Phi) is 5.23. The van der Waals surface area contributed by atoms with Crippen molar-refractivity contribution >= 4 is 17.7 Å². The lowest BCUT2D eigenvalue weighted by Gasteiger charge is -2.10. The van der Waals surface area contributed by atoms with Crippen LogP contribution in [0.15, 0.2) is 0 Å². The highest BCUT2D eigenvalue weighted by molar-refractivity contribution is 7.99. The fourth-order valence-electron chi connectivity index (χ4n) is 1.41. The summed E-state index contributed by atoms with van der Waals surface area (Å²) < 4.78 is 0. The maximum atomic E-state index is 11.2. The zero-order valence-electron chi connectivity index (χ0n) is 8.14. The summed E-state index contributed by atoms with van der Waals surface area (Å²) in [6.45, 7) is 3.96. The lowest BCUT2D eigenvalue weighted by atomic mass is 10.2. The quantitative estimate of drug-likeness (QED) is 0.686. The molecule has 0 bridgehead atoms. The fourth-order valence-corrected chi connectivity index (χ4v) is 1.91. The Morgan fingerprint density at radius 1 is 1.69 bits per heavy atom. The molecule has 1 saturated heterocycles. The van der Waals surface area contributed by atoms with Crippen LogP contribution in [0.4, 0.5) is 0 Å². The highest BCUT2D eigenvalue weighted by atomic mass is 32.2. The molecule has 13 heavy (non-hydrogen) atoms. The molecule has 1 fully saturated rings. The monoisotopic (exact) mass is 202 g/mol. The van der Waals surface area contributed by atoms with Crippen LogP contribution >= 0.6 is 11.8 Å². The van der Waals surface area contributed by atoms with Gasteiger partial charge in [-0.25, -0.2) is 0 Å². The predicted molar refractivity (Wildman–Crippen MR) is 57.0 cm³/mol. The van der Waals surface area contributed by atoms with Crippen LogP contribution in [0.25, 0.3) is 0 Å². The van der Waals surface area contributed by atoms with Crippen molar-refractivity contribution in [3.63, 3.8) is 0 Å². The third kappa shape index (κ3) is 4.52. The number of hydrogen-bond acceptors (Lipinski definition) is 3. The number of rotatable bonds is 5. The highest BCUT2D eigenvalue weighted by Crippen LogP contribution is 2.03. The zero-order valence-corrected chi connectivity index (χ0v) is 8.95. The Morgan fingerprint density at radius 2 is 2.54 bits per heavy atom. The van der Waals surface area contributed by atoms with Crippen LogP contribution in [0.1, 0.15) is 19.8 Å². The molecule has 0 aliphatic carbocycles. The van der Waals surface area contributed by atoms with E-state index < -0.39 is 0 Å². The standard InChI is InChI=1S/C9H18N2OS/c1-2-13-7-9(12)11-6-8-4-3-5-10-8/h8,10H,2-7H2,1H3,(H,11,12). The Balaban J connectivity index is 2.00. The third-order valence-electron chi connectivity index (χ3n) is 2.15. The molecule has 1 rings (SSSR count). The van der Waals surface area contributed by atoms with Gasteiger partial charge in [0.2, 0.25) is 5.91 Å². The molecular weight excluding hydrogens is 184 g/mol. The summed E-state index contributed by atoms with van der Waals surface area (Å²) in [6.07, 6.45) is 2.44. The van der Waals surface area contributed by atoms with Crippen LogP contribution in [-0.2, 0) is 4.79 Å². The van der Waals surface area contributed by atoms with Gasteiger partial charge in [0, 0.05) is 12.6 Å². The Morgan fingerprint density at radius 3 is 3.15 bits per heavy atom. The minimum Gasteiger partial charge on any atom is -0.354 e. The maximum Gasteiger partial charge on any atom is 0.230 e. The number of carbonyl (C=O) groups excluding carboxylic acids is 1. The van der Waals surface area contributed by atoms with Gasteiger partial charge in [-0.1, -0.05) is 6.92 Å². The van der Waals surface area contributed by atoms with Gasteiger partial charge in [-0.2, -0.15) is 11.8 Å². The molecule has 1 aliphatic rings. The molecule has 1 aliphatic heterocycles. The first-order valence-electron chi connectivity index (χ1n) is 4.90. The molecule has 1 amide bonds. The normalized spacial score (nSPS) is 21.8. The molecule has 76 valence electrons. The SMILES string of the molecule is CCSCC(=O)NCC1CCCN1. The molecule has 0 radical (unpaired) electrons. The molecule has 0 saturated carbocycles. The van der Waals surface area contributed by atoms with E-state index in [9.17, 15) is 4.79 Å². The van der Waals surface area contributed by atoms with Gasteiger partial charge >= 0.3 is 0 Å². The number of carbonyl (C=O) groups is 1. The third-order valence-corrected chi connectivity index (χ3v) is 3.02. The zero-order chi connectivity index (χ0) is 9.52. The second-order valence-corrected chi connectivity index (χ2v) is 4.51. The first-order chi connectivity index (χ1) is 6.33. The maximum absolute atomic E-state index is 11.2. The van der Waals surface area contributed by atoms with Crippen LogP contribution in [0.2, 0.25) is 0 Å². The van der Waals surface area contributed by atoms with E-state index in [-0.39, 0.29) is 5.91 Å². The molecule has 0 spiro atoms. The lowest BCUT2D eigenvalue weighted by molar-refractivity contribution is -0.118. The van der Waals surface area contributed by atoms with Crippen molar-refractivity contribution in [1.29, 1.82) is 0 Å². The van der Waals surface area contributed by atoms with Gasteiger partial charge in [0.1, 0.15) is 0 Å². The smallest absolute Gasteiger partial charge is 0.230 e. The van der Waals surface area contributed by atoms with E-state index >= 15 is 0 Å². The topological polar surface area (TPSA) is 41.1 Å². The first-order valence-corrected chi connectivity index (χ1v) is 6.06. The van der Waals surface area contributed by atoms with Crippen molar-refractivity contribution in [2.45, 2.75) is 25.8 Å². The van der Waals surface area contributed by atoms with Gasteiger partial charge in [-0.05, 0) is 25.1 Å². The molecular formula is C9H18N2OS. The molecule has 0 aromatic rings.